The third-order valence-electron chi connectivity index (χ3n) is 1.46. The molecule has 0 N–H and O–H groups in total. The highest BCUT2D eigenvalue weighted by molar-refractivity contribution is 5.32. The number of hydrogen-bond acceptors (Lipinski definition) is 0. The molecular formula is C9H12. The molecule has 0 spiro atoms. The van der Waals surface area contributed by atoms with E-state index in [0.717, 1.165) is 12.8 Å². The van der Waals surface area contributed by atoms with Crippen LogP contribution in [0.4, 0.5) is 0 Å². The van der Waals surface area contributed by atoms with Gasteiger partial charge in [0, 0.05) is 0 Å². The lowest BCUT2D eigenvalue weighted by molar-refractivity contribution is 0.985. The van der Waals surface area contributed by atoms with E-state index in [1.165, 1.54) is 16.7 Å². The first-order valence-electron chi connectivity index (χ1n) is 3.20. The maximum Gasteiger partial charge on any atom is -0.00725 e. The van der Waals surface area contributed by atoms with Gasteiger partial charge in [0.2, 0.25) is 0 Å². The van der Waals surface area contributed by atoms with Gasteiger partial charge in [0.1, 0.15) is 0 Å². The van der Waals surface area contributed by atoms with Crippen molar-refractivity contribution in [1.82, 2.24) is 0 Å². The van der Waals surface area contributed by atoms with Gasteiger partial charge in [0.15, 0.2) is 0 Å². The molecule has 9 heavy (non-hydrogen) atoms. The van der Waals surface area contributed by atoms with Crippen LogP contribution in [0.3, 0.4) is 0 Å². The molecule has 0 radical (unpaired) electrons. The lowest BCUT2D eigenvalue weighted by Crippen LogP contribution is -1.92. The molecule has 0 bridgehead atoms. The zero-order valence-electron chi connectivity index (χ0n) is 5.91. The van der Waals surface area contributed by atoms with Gasteiger partial charge in [-0.2, -0.15) is 0 Å². The minimum atomic E-state index is 0.997. The van der Waals surface area contributed by atoms with Crippen molar-refractivity contribution in [2.45, 2.75) is 19.8 Å². The van der Waals surface area contributed by atoms with Gasteiger partial charge >= 0.3 is 0 Å². The van der Waals surface area contributed by atoms with Crippen LogP contribution in [-0.4, -0.2) is 0 Å². The SMILES string of the molecule is C=C1C=C(C)CC(=C)C1. The summed E-state index contributed by atoms with van der Waals surface area (Å²) in [5.74, 6) is 0. The van der Waals surface area contributed by atoms with Crippen LogP contribution in [0.2, 0.25) is 0 Å². The van der Waals surface area contributed by atoms with Crippen molar-refractivity contribution in [3.63, 3.8) is 0 Å². The summed E-state index contributed by atoms with van der Waals surface area (Å²) in [6, 6.07) is 0. The van der Waals surface area contributed by atoms with Crippen molar-refractivity contribution in [1.29, 1.82) is 0 Å². The molecule has 0 aromatic carbocycles. The quantitative estimate of drug-likeness (QED) is 0.431. The summed E-state index contributed by atoms with van der Waals surface area (Å²) in [7, 11) is 0. The van der Waals surface area contributed by atoms with Crippen LogP contribution in [0.1, 0.15) is 19.8 Å². The molecule has 1 aliphatic carbocycles. The van der Waals surface area contributed by atoms with Gasteiger partial charge in [-0.3, -0.25) is 0 Å². The second-order valence-electron chi connectivity index (χ2n) is 2.75. The number of hydrogen-bond donors (Lipinski definition) is 0. The third kappa shape index (κ3) is 1.56. The van der Waals surface area contributed by atoms with Crippen molar-refractivity contribution in [2.75, 3.05) is 0 Å². The Kier molecular flexibility index (Phi) is 1.56. The molecule has 1 rings (SSSR count). The lowest BCUT2D eigenvalue weighted by Gasteiger charge is -2.12. The van der Waals surface area contributed by atoms with Crippen molar-refractivity contribution >= 4 is 0 Å². The molecule has 0 fully saturated rings. The van der Waals surface area contributed by atoms with E-state index in [2.05, 4.69) is 26.2 Å². The predicted octanol–water partition coefficient (Wildman–Crippen LogP) is 2.84. The van der Waals surface area contributed by atoms with E-state index in [4.69, 9.17) is 0 Å². The molecule has 1 aliphatic rings. The molecule has 0 heterocycles. The van der Waals surface area contributed by atoms with E-state index in [-0.39, 0.29) is 0 Å². The van der Waals surface area contributed by atoms with Gasteiger partial charge in [-0.05, 0) is 19.8 Å². The zero-order valence-corrected chi connectivity index (χ0v) is 5.91. The molecule has 0 saturated heterocycles. The maximum absolute atomic E-state index is 3.91. The highest BCUT2D eigenvalue weighted by atomic mass is 14.1. The second kappa shape index (κ2) is 2.22. The smallest absolute Gasteiger partial charge is 0.00725 e. The largest absolute Gasteiger partial charge is 0.0992 e. The Morgan fingerprint density at radius 1 is 1.33 bits per heavy atom. The first kappa shape index (κ1) is 6.34. The summed E-state index contributed by atoms with van der Waals surface area (Å²) < 4.78 is 0. The molecule has 0 atom stereocenters. The molecule has 0 saturated carbocycles. The summed E-state index contributed by atoms with van der Waals surface area (Å²) in [6.07, 6.45) is 4.21. The Labute approximate surface area is 56.6 Å². The van der Waals surface area contributed by atoms with E-state index in [1.54, 1.807) is 0 Å². The topological polar surface area (TPSA) is 0 Å². The first-order valence-corrected chi connectivity index (χ1v) is 3.20. The van der Waals surface area contributed by atoms with Crippen molar-refractivity contribution in [2.24, 2.45) is 0 Å². The molecule has 0 aliphatic heterocycles. The fourth-order valence-corrected chi connectivity index (χ4v) is 1.23. The van der Waals surface area contributed by atoms with Crippen LogP contribution < -0.4 is 0 Å². The molecule has 0 nitrogen and oxygen atoms in total. The maximum atomic E-state index is 3.91. The van der Waals surface area contributed by atoms with Gasteiger partial charge in [0.05, 0.1) is 0 Å². The van der Waals surface area contributed by atoms with Gasteiger partial charge in [-0.25, -0.2) is 0 Å². The highest BCUT2D eigenvalue weighted by Crippen LogP contribution is 2.23. The molecular weight excluding hydrogens is 108 g/mol. The van der Waals surface area contributed by atoms with Crippen LogP contribution in [0.25, 0.3) is 0 Å². The van der Waals surface area contributed by atoms with Crippen LogP contribution in [-0.2, 0) is 0 Å². The monoisotopic (exact) mass is 120 g/mol. The fraction of sp³-hybridized carbons (Fsp3) is 0.333. The zero-order chi connectivity index (χ0) is 6.85. The van der Waals surface area contributed by atoms with Crippen molar-refractivity contribution in [3.05, 3.63) is 36.0 Å². The summed E-state index contributed by atoms with van der Waals surface area (Å²) in [5.41, 5.74) is 3.88. The average Bonchev–Trinajstić information content (AvgIpc) is 1.59. The summed E-state index contributed by atoms with van der Waals surface area (Å²) >= 11 is 0. The Balaban J connectivity index is 2.79. The highest BCUT2D eigenvalue weighted by Gasteiger charge is 2.03. The van der Waals surface area contributed by atoms with Crippen LogP contribution in [0.15, 0.2) is 36.0 Å². The van der Waals surface area contributed by atoms with E-state index in [0.29, 0.717) is 0 Å². The van der Waals surface area contributed by atoms with E-state index in [1.807, 2.05) is 0 Å². The molecule has 48 valence electrons. The Morgan fingerprint density at radius 3 is 2.44 bits per heavy atom. The third-order valence-corrected chi connectivity index (χ3v) is 1.46. The molecule has 0 amide bonds. The molecule has 0 aromatic heterocycles. The summed E-state index contributed by atoms with van der Waals surface area (Å²) in [6.45, 7) is 9.91. The predicted molar refractivity (Wildman–Crippen MR) is 41.3 cm³/mol. The Morgan fingerprint density at radius 2 is 2.00 bits per heavy atom. The minimum absolute atomic E-state index is 0.997. The first-order chi connectivity index (χ1) is 4.18. The van der Waals surface area contributed by atoms with Gasteiger partial charge in [0.25, 0.3) is 0 Å². The van der Waals surface area contributed by atoms with E-state index >= 15 is 0 Å². The van der Waals surface area contributed by atoms with Crippen molar-refractivity contribution < 1.29 is 0 Å². The normalized spacial score (nSPS) is 19.9. The fourth-order valence-electron chi connectivity index (χ4n) is 1.23. The van der Waals surface area contributed by atoms with Crippen LogP contribution in [0.5, 0.6) is 0 Å². The molecule has 0 unspecified atom stereocenters. The standard InChI is InChI=1S/C9H12/c1-7-4-8(2)6-9(3)5-7/h5H,1-2,4,6H2,3H3. The summed E-state index contributed by atoms with van der Waals surface area (Å²) in [5, 5.41) is 0. The second-order valence-corrected chi connectivity index (χ2v) is 2.75. The van der Waals surface area contributed by atoms with E-state index < -0.39 is 0 Å². The van der Waals surface area contributed by atoms with Gasteiger partial charge in [-0.1, -0.05) is 36.0 Å². The Hall–Kier alpha value is -0.780. The van der Waals surface area contributed by atoms with E-state index in [9.17, 15) is 0 Å². The number of allylic oxidation sites excluding steroid dienone is 4. The van der Waals surface area contributed by atoms with Crippen LogP contribution >= 0.6 is 0 Å². The molecule has 0 heteroatoms. The van der Waals surface area contributed by atoms with Gasteiger partial charge < -0.3 is 0 Å². The van der Waals surface area contributed by atoms with Gasteiger partial charge in [-0.15, -0.1) is 0 Å². The summed E-state index contributed by atoms with van der Waals surface area (Å²) in [4.78, 5) is 0. The lowest BCUT2D eigenvalue weighted by atomic mass is 9.94. The van der Waals surface area contributed by atoms with Crippen LogP contribution in [0, 0.1) is 0 Å². The number of rotatable bonds is 0. The Bertz CT molecular complexity index is 182. The molecule has 0 aromatic rings. The minimum Gasteiger partial charge on any atom is -0.0992 e. The average molecular weight is 120 g/mol. The van der Waals surface area contributed by atoms with Crippen molar-refractivity contribution in [3.8, 4) is 0 Å².